The Hall–Kier alpha value is -1.68. The largest absolute Gasteiger partial charge is 0.507 e. The van der Waals surface area contributed by atoms with Crippen LogP contribution in [0.5, 0.6) is 5.75 Å². The van der Waals surface area contributed by atoms with Gasteiger partial charge in [-0.1, -0.05) is 24.3 Å². The molecule has 4 heteroatoms. The molecule has 0 aliphatic rings. The van der Waals surface area contributed by atoms with E-state index in [1.165, 1.54) is 11.8 Å². The van der Waals surface area contributed by atoms with Gasteiger partial charge in [0.1, 0.15) is 5.75 Å². The summed E-state index contributed by atoms with van der Waals surface area (Å²) in [4.78, 5) is 14.9. The van der Waals surface area contributed by atoms with Crippen LogP contribution in [0.15, 0.2) is 41.3 Å². The van der Waals surface area contributed by atoms with Crippen molar-refractivity contribution in [2.45, 2.75) is 18.7 Å². The molecule has 106 valence electrons. The molecule has 0 aliphatic carbocycles. The summed E-state index contributed by atoms with van der Waals surface area (Å²) in [6.45, 7) is 5.46. The second kappa shape index (κ2) is 6.66. The minimum Gasteiger partial charge on any atom is -0.507 e. The third kappa shape index (κ3) is 3.07. The van der Waals surface area contributed by atoms with E-state index in [9.17, 15) is 9.90 Å². The first-order valence-electron chi connectivity index (χ1n) is 6.78. The Labute approximate surface area is 123 Å². The molecule has 2 aromatic carbocycles. The van der Waals surface area contributed by atoms with Crippen LogP contribution in [0, 0.1) is 0 Å². The summed E-state index contributed by atoms with van der Waals surface area (Å²) in [5.41, 5.74) is 0. The van der Waals surface area contributed by atoms with Crippen molar-refractivity contribution in [3.8, 4) is 5.75 Å². The summed E-state index contributed by atoms with van der Waals surface area (Å²) < 4.78 is 0. The van der Waals surface area contributed by atoms with E-state index in [0.717, 1.165) is 28.8 Å². The number of nitrogens with zero attached hydrogens (tertiary/aromatic N) is 1. The highest BCUT2D eigenvalue weighted by atomic mass is 32.2. The lowest BCUT2D eigenvalue weighted by molar-refractivity contribution is -0.127. The standard InChI is InChI=1S/C16H19NO2S/c1-3-17(4-2)16(19)11-20-15-10-9-14(18)12-7-5-6-8-13(12)15/h5-10,18H,3-4,11H2,1-2H3. The molecule has 2 rings (SSSR count). The maximum Gasteiger partial charge on any atom is 0.232 e. The van der Waals surface area contributed by atoms with Gasteiger partial charge in [0.15, 0.2) is 0 Å². The molecule has 1 N–H and O–H groups in total. The molecule has 0 saturated carbocycles. The highest BCUT2D eigenvalue weighted by Gasteiger charge is 2.11. The first-order chi connectivity index (χ1) is 9.67. The number of benzene rings is 2. The molecular formula is C16H19NO2S. The Kier molecular flexibility index (Phi) is 4.90. The minimum atomic E-state index is 0.150. The summed E-state index contributed by atoms with van der Waals surface area (Å²) >= 11 is 1.52. The zero-order chi connectivity index (χ0) is 14.5. The number of amides is 1. The number of fused-ring (bicyclic) bond motifs is 1. The molecule has 0 spiro atoms. The number of rotatable bonds is 5. The third-order valence-corrected chi connectivity index (χ3v) is 4.39. The van der Waals surface area contributed by atoms with E-state index in [1.807, 2.05) is 49.1 Å². The molecule has 0 fully saturated rings. The maximum atomic E-state index is 12.0. The molecule has 0 aliphatic heterocycles. The Morgan fingerprint density at radius 3 is 2.40 bits per heavy atom. The SMILES string of the molecule is CCN(CC)C(=O)CSc1ccc(O)c2ccccc12. The van der Waals surface area contributed by atoms with Crippen LogP contribution in [0.2, 0.25) is 0 Å². The molecule has 0 saturated heterocycles. The predicted octanol–water partition coefficient (Wildman–Crippen LogP) is 3.51. The van der Waals surface area contributed by atoms with Crippen molar-refractivity contribution in [3.05, 3.63) is 36.4 Å². The molecule has 0 radical (unpaired) electrons. The zero-order valence-electron chi connectivity index (χ0n) is 11.8. The lowest BCUT2D eigenvalue weighted by Crippen LogP contribution is -2.31. The van der Waals surface area contributed by atoms with Gasteiger partial charge in [-0.3, -0.25) is 4.79 Å². The second-order valence-corrected chi connectivity index (χ2v) is 5.50. The van der Waals surface area contributed by atoms with Crippen LogP contribution in [0.3, 0.4) is 0 Å². The first-order valence-corrected chi connectivity index (χ1v) is 7.77. The van der Waals surface area contributed by atoms with Gasteiger partial charge >= 0.3 is 0 Å². The highest BCUT2D eigenvalue weighted by molar-refractivity contribution is 8.00. The van der Waals surface area contributed by atoms with Crippen LogP contribution < -0.4 is 0 Å². The Balaban J connectivity index is 2.19. The van der Waals surface area contributed by atoms with Crippen LogP contribution in [-0.4, -0.2) is 34.8 Å². The fourth-order valence-electron chi connectivity index (χ4n) is 2.19. The zero-order valence-corrected chi connectivity index (χ0v) is 12.6. The predicted molar refractivity (Wildman–Crippen MR) is 84.3 cm³/mol. The van der Waals surface area contributed by atoms with Gasteiger partial charge in [0.2, 0.25) is 5.91 Å². The molecule has 0 aromatic heterocycles. The fraction of sp³-hybridized carbons (Fsp3) is 0.312. The van der Waals surface area contributed by atoms with Crippen LogP contribution >= 0.6 is 11.8 Å². The van der Waals surface area contributed by atoms with Gasteiger partial charge in [-0.15, -0.1) is 11.8 Å². The van der Waals surface area contributed by atoms with E-state index in [2.05, 4.69) is 0 Å². The number of phenols is 1. The number of carbonyl (C=O) groups excluding carboxylic acids is 1. The molecule has 0 bridgehead atoms. The molecule has 0 atom stereocenters. The van der Waals surface area contributed by atoms with E-state index >= 15 is 0 Å². The summed E-state index contributed by atoms with van der Waals surface area (Å²) in [7, 11) is 0. The van der Waals surface area contributed by atoms with Crippen LogP contribution in [0.4, 0.5) is 0 Å². The lowest BCUT2D eigenvalue weighted by Gasteiger charge is -2.18. The fourth-order valence-corrected chi connectivity index (χ4v) is 3.15. The Bertz CT molecular complexity index is 608. The molecule has 0 heterocycles. The molecule has 20 heavy (non-hydrogen) atoms. The van der Waals surface area contributed by atoms with E-state index < -0.39 is 0 Å². The smallest absolute Gasteiger partial charge is 0.232 e. The van der Waals surface area contributed by atoms with Crippen LogP contribution in [-0.2, 0) is 4.79 Å². The van der Waals surface area contributed by atoms with Crippen LogP contribution in [0.1, 0.15) is 13.8 Å². The van der Waals surface area contributed by atoms with Crippen LogP contribution in [0.25, 0.3) is 10.8 Å². The average molecular weight is 289 g/mol. The minimum absolute atomic E-state index is 0.150. The van der Waals surface area contributed by atoms with Gasteiger partial charge in [-0.2, -0.15) is 0 Å². The second-order valence-electron chi connectivity index (χ2n) is 4.48. The number of thioether (sulfide) groups is 1. The molecule has 0 unspecified atom stereocenters. The summed E-state index contributed by atoms with van der Waals surface area (Å²) in [6.07, 6.45) is 0. The summed E-state index contributed by atoms with van der Waals surface area (Å²) in [5.74, 6) is 0.855. The number of phenolic OH excluding ortho intramolecular Hbond substituents is 1. The van der Waals surface area contributed by atoms with Crippen molar-refractivity contribution in [1.82, 2.24) is 4.90 Å². The van der Waals surface area contributed by atoms with Gasteiger partial charge < -0.3 is 10.0 Å². The lowest BCUT2D eigenvalue weighted by atomic mass is 10.1. The summed E-state index contributed by atoms with van der Waals surface area (Å²) in [5, 5.41) is 11.7. The van der Waals surface area contributed by atoms with Gasteiger partial charge in [0, 0.05) is 23.4 Å². The number of carbonyl (C=O) groups is 1. The van der Waals surface area contributed by atoms with Gasteiger partial charge in [0.25, 0.3) is 0 Å². The van der Waals surface area contributed by atoms with Crippen molar-refractivity contribution < 1.29 is 9.90 Å². The molecule has 1 amide bonds. The third-order valence-electron chi connectivity index (χ3n) is 3.33. The van der Waals surface area contributed by atoms with Crippen molar-refractivity contribution in [1.29, 1.82) is 0 Å². The summed E-state index contributed by atoms with van der Waals surface area (Å²) in [6, 6.07) is 11.3. The number of aromatic hydroxyl groups is 1. The maximum absolute atomic E-state index is 12.0. The Morgan fingerprint density at radius 1 is 1.10 bits per heavy atom. The van der Waals surface area contributed by atoms with Crippen molar-refractivity contribution in [2.75, 3.05) is 18.8 Å². The number of hydrogen-bond acceptors (Lipinski definition) is 3. The van der Waals surface area contributed by atoms with Gasteiger partial charge in [0.05, 0.1) is 5.75 Å². The first kappa shape index (κ1) is 14.7. The van der Waals surface area contributed by atoms with E-state index in [1.54, 1.807) is 6.07 Å². The topological polar surface area (TPSA) is 40.5 Å². The van der Waals surface area contributed by atoms with Crippen molar-refractivity contribution in [2.24, 2.45) is 0 Å². The van der Waals surface area contributed by atoms with Gasteiger partial charge in [-0.25, -0.2) is 0 Å². The molecular weight excluding hydrogens is 270 g/mol. The van der Waals surface area contributed by atoms with Crippen molar-refractivity contribution >= 4 is 28.4 Å². The normalized spacial score (nSPS) is 10.7. The molecule has 3 nitrogen and oxygen atoms in total. The quantitative estimate of drug-likeness (QED) is 0.856. The highest BCUT2D eigenvalue weighted by Crippen LogP contribution is 2.33. The van der Waals surface area contributed by atoms with E-state index in [4.69, 9.17) is 0 Å². The Morgan fingerprint density at radius 2 is 1.75 bits per heavy atom. The number of hydrogen-bond donors (Lipinski definition) is 1. The van der Waals surface area contributed by atoms with Crippen molar-refractivity contribution in [3.63, 3.8) is 0 Å². The van der Waals surface area contributed by atoms with E-state index in [-0.39, 0.29) is 11.7 Å². The molecule has 2 aromatic rings. The van der Waals surface area contributed by atoms with Gasteiger partial charge in [-0.05, 0) is 31.4 Å². The monoisotopic (exact) mass is 289 g/mol. The van der Waals surface area contributed by atoms with E-state index in [0.29, 0.717) is 5.75 Å². The average Bonchev–Trinajstić information content (AvgIpc) is 2.48.